The highest BCUT2D eigenvalue weighted by Crippen LogP contribution is 2.31. The van der Waals surface area contributed by atoms with E-state index in [1.807, 2.05) is 0 Å². The number of rotatable bonds is 2. The zero-order valence-corrected chi connectivity index (χ0v) is 9.58. The average molecular weight is 245 g/mol. The third-order valence-electron chi connectivity index (χ3n) is 3.00. The number of hydrogen-bond donors (Lipinski definition) is 1. The van der Waals surface area contributed by atoms with E-state index in [1.165, 1.54) is 12.1 Å². The predicted molar refractivity (Wildman–Crippen MR) is 59.9 cm³/mol. The van der Waals surface area contributed by atoms with Crippen LogP contribution in [0.15, 0.2) is 18.2 Å². The Morgan fingerprint density at radius 2 is 2.06 bits per heavy atom. The topological polar surface area (TPSA) is 29.5 Å². The van der Waals surface area contributed by atoms with Crippen LogP contribution in [0.5, 0.6) is 0 Å². The second kappa shape index (κ2) is 5.13. The first-order valence-corrected chi connectivity index (χ1v) is 5.77. The van der Waals surface area contributed by atoms with Crippen molar-refractivity contribution < 1.29 is 14.2 Å². The van der Waals surface area contributed by atoms with Crippen LogP contribution >= 0.6 is 11.6 Å². The maximum atomic E-state index is 13.0. The minimum Gasteiger partial charge on any atom is -0.388 e. The highest BCUT2D eigenvalue weighted by Gasteiger charge is 2.23. The van der Waals surface area contributed by atoms with Gasteiger partial charge < -0.3 is 9.84 Å². The summed E-state index contributed by atoms with van der Waals surface area (Å²) in [5.74, 6) is -0.278. The van der Waals surface area contributed by atoms with Crippen LogP contribution in [-0.2, 0) is 4.74 Å². The molecule has 0 spiro atoms. The maximum Gasteiger partial charge on any atom is 0.141 e. The fourth-order valence-electron chi connectivity index (χ4n) is 2.00. The van der Waals surface area contributed by atoms with E-state index in [9.17, 15) is 9.50 Å². The molecule has 0 radical (unpaired) electrons. The summed E-state index contributed by atoms with van der Waals surface area (Å²) in [6.45, 7) is 1.35. The van der Waals surface area contributed by atoms with Gasteiger partial charge in [-0.15, -0.1) is 0 Å². The molecule has 0 saturated carbocycles. The number of ether oxygens (including phenoxy) is 1. The predicted octanol–water partition coefficient (Wildman–Crippen LogP) is 2.94. The lowest BCUT2D eigenvalue weighted by molar-refractivity contribution is 0.00716. The molecule has 1 aliphatic rings. The molecule has 1 heterocycles. The van der Waals surface area contributed by atoms with E-state index in [-0.39, 0.29) is 10.9 Å². The van der Waals surface area contributed by atoms with Crippen LogP contribution in [0, 0.1) is 11.7 Å². The van der Waals surface area contributed by atoms with E-state index in [2.05, 4.69) is 0 Å². The number of hydrogen-bond acceptors (Lipinski definition) is 2. The summed E-state index contributed by atoms with van der Waals surface area (Å²) >= 11 is 5.69. The van der Waals surface area contributed by atoms with Crippen molar-refractivity contribution in [1.82, 2.24) is 0 Å². The van der Waals surface area contributed by atoms with E-state index in [1.54, 1.807) is 6.07 Å². The standard InChI is InChI=1S/C12H14ClFO2/c13-10-7-9(1-2-11(10)14)12(15)8-3-5-16-6-4-8/h1-2,7-8,12,15H,3-6H2. The van der Waals surface area contributed by atoms with Gasteiger partial charge in [0.25, 0.3) is 0 Å². The van der Waals surface area contributed by atoms with Crippen LogP contribution in [0.1, 0.15) is 24.5 Å². The van der Waals surface area contributed by atoms with Crippen molar-refractivity contribution in [1.29, 1.82) is 0 Å². The average Bonchev–Trinajstić information content (AvgIpc) is 2.33. The zero-order chi connectivity index (χ0) is 11.5. The Bertz CT molecular complexity index is 364. The first-order valence-electron chi connectivity index (χ1n) is 5.39. The fraction of sp³-hybridized carbons (Fsp3) is 0.500. The van der Waals surface area contributed by atoms with Crippen molar-refractivity contribution >= 4 is 11.6 Å². The van der Waals surface area contributed by atoms with Crippen molar-refractivity contribution in [3.05, 3.63) is 34.6 Å². The van der Waals surface area contributed by atoms with Crippen molar-refractivity contribution in [2.24, 2.45) is 5.92 Å². The summed E-state index contributed by atoms with van der Waals surface area (Å²) in [5, 5.41) is 10.2. The van der Waals surface area contributed by atoms with Gasteiger partial charge in [0.15, 0.2) is 0 Å². The summed E-state index contributed by atoms with van der Waals surface area (Å²) in [4.78, 5) is 0. The van der Waals surface area contributed by atoms with Gasteiger partial charge in [-0.1, -0.05) is 17.7 Å². The van der Waals surface area contributed by atoms with Gasteiger partial charge in [0, 0.05) is 13.2 Å². The van der Waals surface area contributed by atoms with Crippen LogP contribution < -0.4 is 0 Å². The molecule has 4 heteroatoms. The SMILES string of the molecule is OC(c1ccc(F)c(Cl)c1)C1CCOCC1. The third kappa shape index (κ3) is 2.54. The molecular weight excluding hydrogens is 231 g/mol. The summed E-state index contributed by atoms with van der Waals surface area (Å²) < 4.78 is 18.2. The molecule has 1 fully saturated rings. The van der Waals surface area contributed by atoms with Gasteiger partial charge in [-0.05, 0) is 36.5 Å². The van der Waals surface area contributed by atoms with Crippen molar-refractivity contribution in [3.63, 3.8) is 0 Å². The van der Waals surface area contributed by atoms with Crippen molar-refractivity contribution in [2.45, 2.75) is 18.9 Å². The van der Waals surface area contributed by atoms with E-state index in [0.717, 1.165) is 12.8 Å². The molecule has 0 aliphatic carbocycles. The summed E-state index contributed by atoms with van der Waals surface area (Å²) in [5.41, 5.74) is 0.679. The van der Waals surface area contributed by atoms with Crippen LogP contribution in [0.4, 0.5) is 4.39 Å². The maximum absolute atomic E-state index is 13.0. The van der Waals surface area contributed by atoms with Gasteiger partial charge in [-0.3, -0.25) is 0 Å². The number of benzene rings is 1. The van der Waals surface area contributed by atoms with Crippen LogP contribution in [0.3, 0.4) is 0 Å². The second-order valence-electron chi connectivity index (χ2n) is 4.07. The van der Waals surface area contributed by atoms with Crippen LogP contribution in [0.25, 0.3) is 0 Å². The normalized spacial score (nSPS) is 19.7. The zero-order valence-electron chi connectivity index (χ0n) is 8.83. The Morgan fingerprint density at radius 1 is 1.38 bits per heavy atom. The van der Waals surface area contributed by atoms with E-state index in [0.29, 0.717) is 18.8 Å². The minimum atomic E-state index is -0.581. The molecule has 1 aromatic rings. The molecule has 0 amide bonds. The minimum absolute atomic E-state index is 0.0589. The van der Waals surface area contributed by atoms with E-state index >= 15 is 0 Å². The largest absolute Gasteiger partial charge is 0.388 e. The van der Waals surface area contributed by atoms with Gasteiger partial charge in [-0.2, -0.15) is 0 Å². The molecule has 0 bridgehead atoms. The quantitative estimate of drug-likeness (QED) is 0.867. The van der Waals surface area contributed by atoms with Gasteiger partial charge in [0.2, 0.25) is 0 Å². The van der Waals surface area contributed by atoms with Gasteiger partial charge >= 0.3 is 0 Å². The molecule has 1 unspecified atom stereocenters. The molecule has 1 aliphatic heterocycles. The first kappa shape index (κ1) is 11.8. The summed E-state index contributed by atoms with van der Waals surface area (Å²) in [7, 11) is 0. The molecule has 16 heavy (non-hydrogen) atoms. The van der Waals surface area contributed by atoms with Crippen LogP contribution in [0.2, 0.25) is 5.02 Å². The third-order valence-corrected chi connectivity index (χ3v) is 3.29. The lowest BCUT2D eigenvalue weighted by atomic mass is 9.89. The molecule has 1 aromatic carbocycles. The molecule has 0 aromatic heterocycles. The number of aliphatic hydroxyl groups excluding tert-OH is 1. The van der Waals surface area contributed by atoms with E-state index in [4.69, 9.17) is 16.3 Å². The molecule has 88 valence electrons. The highest BCUT2D eigenvalue weighted by molar-refractivity contribution is 6.30. The van der Waals surface area contributed by atoms with Gasteiger partial charge in [0.1, 0.15) is 5.82 Å². The lowest BCUT2D eigenvalue weighted by Gasteiger charge is -2.27. The van der Waals surface area contributed by atoms with E-state index < -0.39 is 11.9 Å². The van der Waals surface area contributed by atoms with Crippen molar-refractivity contribution in [2.75, 3.05) is 13.2 Å². The molecule has 2 nitrogen and oxygen atoms in total. The Kier molecular flexibility index (Phi) is 3.79. The van der Waals surface area contributed by atoms with Gasteiger partial charge in [0.05, 0.1) is 11.1 Å². The molecule has 2 rings (SSSR count). The number of aliphatic hydroxyl groups is 1. The fourth-order valence-corrected chi connectivity index (χ4v) is 2.19. The Morgan fingerprint density at radius 3 is 2.69 bits per heavy atom. The van der Waals surface area contributed by atoms with Gasteiger partial charge in [-0.25, -0.2) is 4.39 Å². The van der Waals surface area contributed by atoms with Crippen LogP contribution in [-0.4, -0.2) is 18.3 Å². The Hall–Kier alpha value is -0.640. The van der Waals surface area contributed by atoms with Crippen molar-refractivity contribution in [3.8, 4) is 0 Å². The Labute approximate surface area is 99.0 Å². The molecule has 1 saturated heterocycles. The molecule has 1 atom stereocenters. The molecular formula is C12H14ClFO2. The summed E-state index contributed by atoms with van der Waals surface area (Å²) in [6.07, 6.45) is 1.08. The summed E-state index contributed by atoms with van der Waals surface area (Å²) in [6, 6.07) is 4.37. The highest BCUT2D eigenvalue weighted by atomic mass is 35.5. The lowest BCUT2D eigenvalue weighted by Crippen LogP contribution is -2.21. The smallest absolute Gasteiger partial charge is 0.141 e. The first-order chi connectivity index (χ1) is 7.68. The number of halogens is 2. The second-order valence-corrected chi connectivity index (χ2v) is 4.48. The Balaban J connectivity index is 2.12. The monoisotopic (exact) mass is 244 g/mol. The molecule has 1 N–H and O–H groups in total.